The molecule has 0 saturated heterocycles. The van der Waals surface area contributed by atoms with Gasteiger partial charge in [-0.3, -0.25) is 19.7 Å². The summed E-state index contributed by atoms with van der Waals surface area (Å²) >= 11 is 0. The number of para-hydroxylation sites is 2. The molecular formula is C25H23N3O4. The monoisotopic (exact) mass is 429 g/mol. The summed E-state index contributed by atoms with van der Waals surface area (Å²) in [4.78, 5) is 40.2. The first-order valence-corrected chi connectivity index (χ1v) is 10.4. The second kappa shape index (κ2) is 8.63. The largest absolute Gasteiger partial charge is 0.305 e. The van der Waals surface area contributed by atoms with Crippen LogP contribution in [-0.4, -0.2) is 22.8 Å². The van der Waals surface area contributed by atoms with E-state index in [1.165, 1.54) is 18.2 Å². The maximum atomic E-state index is 13.5. The van der Waals surface area contributed by atoms with Crippen LogP contribution in [0.15, 0.2) is 78.9 Å². The van der Waals surface area contributed by atoms with Crippen LogP contribution in [0.25, 0.3) is 0 Å². The molecule has 0 radical (unpaired) electrons. The fourth-order valence-corrected chi connectivity index (χ4v) is 4.40. The second-order valence-corrected chi connectivity index (χ2v) is 7.87. The maximum absolute atomic E-state index is 13.5. The van der Waals surface area contributed by atoms with Gasteiger partial charge in [0.2, 0.25) is 5.91 Å². The molecule has 7 heteroatoms. The molecule has 3 aromatic rings. The summed E-state index contributed by atoms with van der Waals surface area (Å²) in [6, 6.07) is 22.3. The van der Waals surface area contributed by atoms with Gasteiger partial charge in [0, 0.05) is 42.0 Å². The number of rotatable bonds is 4. The van der Waals surface area contributed by atoms with Gasteiger partial charge >= 0.3 is 0 Å². The van der Waals surface area contributed by atoms with Gasteiger partial charge in [-0.2, -0.15) is 0 Å². The van der Waals surface area contributed by atoms with Gasteiger partial charge in [-0.15, -0.1) is 0 Å². The van der Waals surface area contributed by atoms with Gasteiger partial charge in [-0.1, -0.05) is 42.5 Å². The molecule has 0 fully saturated rings. The minimum Gasteiger partial charge on any atom is -0.305 e. The molecule has 1 aliphatic rings. The Morgan fingerprint density at radius 3 is 2.38 bits per heavy atom. The molecule has 0 saturated carbocycles. The smallest absolute Gasteiger partial charge is 0.270 e. The minimum atomic E-state index is -0.509. The molecular weight excluding hydrogens is 406 g/mol. The summed E-state index contributed by atoms with van der Waals surface area (Å²) in [5.41, 5.74) is 2.49. The highest BCUT2D eigenvalue weighted by Crippen LogP contribution is 2.42. The highest BCUT2D eigenvalue weighted by Gasteiger charge is 2.38. The van der Waals surface area contributed by atoms with E-state index in [1.807, 2.05) is 61.5 Å². The van der Waals surface area contributed by atoms with Crippen LogP contribution in [0.2, 0.25) is 0 Å². The first-order valence-electron chi connectivity index (χ1n) is 10.4. The predicted octanol–water partition coefficient (Wildman–Crippen LogP) is 5.13. The fourth-order valence-electron chi connectivity index (χ4n) is 4.40. The number of carbonyl (C=O) groups excluding carboxylic acids is 2. The fraction of sp³-hybridized carbons (Fsp3) is 0.200. The van der Waals surface area contributed by atoms with Crippen LogP contribution in [0, 0.1) is 10.1 Å². The molecule has 4 rings (SSSR count). The molecule has 2 amide bonds. The van der Waals surface area contributed by atoms with E-state index in [1.54, 1.807) is 22.8 Å². The van der Waals surface area contributed by atoms with Crippen molar-refractivity contribution >= 4 is 28.9 Å². The molecule has 0 aliphatic carbocycles. The Bertz CT molecular complexity index is 1180. The summed E-state index contributed by atoms with van der Waals surface area (Å²) in [6.07, 6.45) is 0.534. The second-order valence-electron chi connectivity index (χ2n) is 7.87. The number of nitro benzene ring substituents is 1. The molecule has 1 heterocycles. The van der Waals surface area contributed by atoms with Gasteiger partial charge in [0.05, 0.1) is 11.0 Å². The van der Waals surface area contributed by atoms with Crippen LogP contribution in [-0.2, 0) is 4.79 Å². The maximum Gasteiger partial charge on any atom is 0.270 e. The van der Waals surface area contributed by atoms with Crippen molar-refractivity contribution in [2.24, 2.45) is 0 Å². The Kier molecular flexibility index (Phi) is 5.73. The van der Waals surface area contributed by atoms with Gasteiger partial charge < -0.3 is 9.80 Å². The molecule has 0 aromatic heterocycles. The summed E-state index contributed by atoms with van der Waals surface area (Å²) in [5.74, 6) is -0.386. The van der Waals surface area contributed by atoms with Gasteiger partial charge in [-0.05, 0) is 43.2 Å². The van der Waals surface area contributed by atoms with E-state index in [2.05, 4.69) is 0 Å². The van der Waals surface area contributed by atoms with Crippen molar-refractivity contribution in [2.75, 3.05) is 9.80 Å². The van der Waals surface area contributed by atoms with Crippen molar-refractivity contribution in [3.05, 3.63) is 100 Å². The number of amides is 2. The average Bonchev–Trinajstić information content (AvgIpc) is 2.79. The molecule has 2 atom stereocenters. The number of nitro groups is 1. The number of hydrogen-bond donors (Lipinski definition) is 0. The van der Waals surface area contributed by atoms with E-state index in [-0.39, 0.29) is 35.1 Å². The van der Waals surface area contributed by atoms with Crippen LogP contribution in [0.3, 0.4) is 0 Å². The van der Waals surface area contributed by atoms with Gasteiger partial charge in [0.1, 0.15) is 0 Å². The lowest BCUT2D eigenvalue weighted by Gasteiger charge is -2.43. The molecule has 0 bridgehead atoms. The van der Waals surface area contributed by atoms with E-state index in [0.717, 1.165) is 11.3 Å². The number of benzene rings is 3. The van der Waals surface area contributed by atoms with Crippen LogP contribution in [0.1, 0.15) is 42.2 Å². The van der Waals surface area contributed by atoms with Gasteiger partial charge in [0.15, 0.2) is 0 Å². The van der Waals surface area contributed by atoms with E-state index in [4.69, 9.17) is 0 Å². The highest BCUT2D eigenvalue weighted by molar-refractivity contribution is 6.08. The first-order chi connectivity index (χ1) is 15.4. The molecule has 1 aliphatic heterocycles. The quantitative estimate of drug-likeness (QED) is 0.425. The number of carbonyl (C=O) groups is 2. The van der Waals surface area contributed by atoms with E-state index < -0.39 is 4.92 Å². The number of hydrogen-bond acceptors (Lipinski definition) is 4. The number of nitrogens with zero attached hydrogens (tertiary/aromatic N) is 3. The third-order valence-corrected chi connectivity index (χ3v) is 5.77. The van der Waals surface area contributed by atoms with E-state index in [9.17, 15) is 19.7 Å². The number of non-ortho nitro benzene ring substituents is 1. The summed E-state index contributed by atoms with van der Waals surface area (Å²) in [6.45, 7) is 3.47. The van der Waals surface area contributed by atoms with E-state index >= 15 is 0 Å². The Morgan fingerprint density at radius 1 is 1.00 bits per heavy atom. The highest BCUT2D eigenvalue weighted by atomic mass is 16.6. The summed E-state index contributed by atoms with van der Waals surface area (Å²) < 4.78 is 0. The molecule has 0 spiro atoms. The molecule has 162 valence electrons. The predicted molar refractivity (Wildman–Crippen MR) is 123 cm³/mol. The van der Waals surface area contributed by atoms with Crippen molar-refractivity contribution in [1.29, 1.82) is 0 Å². The Hall–Kier alpha value is -4.00. The summed E-state index contributed by atoms with van der Waals surface area (Å²) in [5, 5.41) is 11.2. The van der Waals surface area contributed by atoms with Crippen LogP contribution in [0.5, 0.6) is 0 Å². The van der Waals surface area contributed by atoms with E-state index in [0.29, 0.717) is 12.1 Å². The zero-order valence-electron chi connectivity index (χ0n) is 17.8. The van der Waals surface area contributed by atoms with Crippen molar-refractivity contribution < 1.29 is 14.5 Å². The van der Waals surface area contributed by atoms with Crippen molar-refractivity contribution in [3.8, 4) is 0 Å². The summed E-state index contributed by atoms with van der Waals surface area (Å²) in [7, 11) is 0. The van der Waals surface area contributed by atoms with Crippen molar-refractivity contribution in [3.63, 3.8) is 0 Å². The lowest BCUT2D eigenvalue weighted by molar-refractivity contribution is -0.384. The lowest BCUT2D eigenvalue weighted by Crippen LogP contribution is -2.47. The molecule has 0 N–H and O–H groups in total. The molecule has 7 nitrogen and oxygen atoms in total. The van der Waals surface area contributed by atoms with Crippen molar-refractivity contribution in [2.45, 2.75) is 32.4 Å². The lowest BCUT2D eigenvalue weighted by atomic mass is 9.89. The standard InChI is InChI=1S/C25H23N3O4/c1-17-15-24(27(18(2)29)20-10-4-3-5-11-20)22-13-6-7-14-23(22)26(17)25(30)19-9-8-12-21(16-19)28(31)32/h3-14,16-17,24H,15H2,1-2H3. The van der Waals surface area contributed by atoms with Crippen LogP contribution >= 0.6 is 0 Å². The first kappa shape index (κ1) is 21.2. The minimum absolute atomic E-state index is 0.0818. The third kappa shape index (κ3) is 3.85. The Morgan fingerprint density at radius 2 is 1.69 bits per heavy atom. The topological polar surface area (TPSA) is 83.8 Å². The van der Waals surface area contributed by atoms with Gasteiger partial charge in [0.25, 0.3) is 11.6 Å². The molecule has 32 heavy (non-hydrogen) atoms. The zero-order valence-corrected chi connectivity index (χ0v) is 17.8. The average molecular weight is 429 g/mol. The van der Waals surface area contributed by atoms with Crippen LogP contribution < -0.4 is 9.80 Å². The zero-order chi connectivity index (χ0) is 22.8. The number of fused-ring (bicyclic) bond motifs is 1. The Balaban J connectivity index is 1.77. The number of anilines is 2. The Labute approximate surface area is 186 Å². The SMILES string of the molecule is CC(=O)N(c1ccccc1)C1CC(C)N(C(=O)c2cccc([N+](=O)[O-])c2)c2ccccc21. The third-order valence-electron chi connectivity index (χ3n) is 5.77. The van der Waals surface area contributed by atoms with Gasteiger partial charge in [-0.25, -0.2) is 0 Å². The molecule has 2 unspecified atom stereocenters. The van der Waals surface area contributed by atoms with Crippen LogP contribution in [0.4, 0.5) is 17.1 Å². The molecule has 3 aromatic carbocycles. The van der Waals surface area contributed by atoms with Crippen molar-refractivity contribution in [1.82, 2.24) is 0 Å². The normalized spacial score (nSPS) is 17.4.